The molecule has 1 aromatic heterocycles. The fourth-order valence-corrected chi connectivity index (χ4v) is 2.02. The van der Waals surface area contributed by atoms with Gasteiger partial charge in [-0.1, -0.05) is 12.1 Å². The van der Waals surface area contributed by atoms with Gasteiger partial charge in [0.1, 0.15) is 17.1 Å². The zero-order valence-electron chi connectivity index (χ0n) is 12.2. The lowest BCUT2D eigenvalue weighted by molar-refractivity contribution is 0.0601. The van der Waals surface area contributed by atoms with Crippen molar-refractivity contribution in [3.8, 4) is 5.75 Å². The Balaban J connectivity index is 2.53. The molecule has 0 saturated carbocycles. The zero-order valence-corrected chi connectivity index (χ0v) is 12.2. The van der Waals surface area contributed by atoms with E-state index < -0.39 is 5.97 Å². The number of carbonyl (C=O) groups is 1. The average molecular weight is 287 g/mol. The molecule has 2 N–H and O–H groups in total. The summed E-state index contributed by atoms with van der Waals surface area (Å²) in [7, 11) is 4.70. The molecule has 0 saturated heterocycles. The molecule has 0 aliphatic rings. The van der Waals surface area contributed by atoms with Gasteiger partial charge in [0, 0.05) is 7.05 Å². The molecule has 1 aromatic carbocycles. The van der Waals surface area contributed by atoms with E-state index in [1.165, 1.54) is 13.3 Å². The number of benzene rings is 1. The Morgan fingerprint density at radius 3 is 2.67 bits per heavy atom. The van der Waals surface area contributed by atoms with Gasteiger partial charge in [-0.05, 0) is 18.2 Å². The number of nitrogens with zero attached hydrogens (tertiary/aromatic N) is 2. The molecule has 0 spiro atoms. The minimum Gasteiger partial charge on any atom is -0.495 e. The smallest absolute Gasteiger partial charge is 0.341 e. The minimum atomic E-state index is -0.494. The van der Waals surface area contributed by atoms with Crippen LogP contribution in [0.1, 0.15) is 10.4 Å². The topological polar surface area (TPSA) is 77.7 Å². The summed E-state index contributed by atoms with van der Waals surface area (Å²) in [6.07, 6.45) is 1.49. The van der Waals surface area contributed by atoms with Gasteiger partial charge in [0.2, 0.25) is 0 Å². The number of para-hydroxylation sites is 2. The second-order valence-electron chi connectivity index (χ2n) is 4.36. The Hall–Kier alpha value is -2.76. The van der Waals surface area contributed by atoms with Crippen molar-refractivity contribution >= 4 is 23.2 Å². The van der Waals surface area contributed by atoms with Gasteiger partial charge >= 0.3 is 5.97 Å². The van der Waals surface area contributed by atoms with Crippen LogP contribution in [-0.2, 0) is 4.74 Å². The summed E-state index contributed by atoms with van der Waals surface area (Å²) in [5.41, 5.74) is 7.17. The van der Waals surface area contributed by atoms with Crippen LogP contribution in [0.25, 0.3) is 0 Å². The Labute approximate surface area is 123 Å². The van der Waals surface area contributed by atoms with Gasteiger partial charge in [0.15, 0.2) is 0 Å². The van der Waals surface area contributed by atoms with Crippen LogP contribution in [-0.4, -0.2) is 32.2 Å². The molecule has 0 aliphatic heterocycles. The van der Waals surface area contributed by atoms with E-state index in [0.29, 0.717) is 22.8 Å². The predicted molar refractivity (Wildman–Crippen MR) is 81.0 cm³/mol. The van der Waals surface area contributed by atoms with Gasteiger partial charge in [0.25, 0.3) is 0 Å². The van der Waals surface area contributed by atoms with Crippen LogP contribution in [0.5, 0.6) is 5.75 Å². The maximum atomic E-state index is 11.9. The third-order valence-electron chi connectivity index (χ3n) is 3.06. The molecule has 6 heteroatoms. The molecule has 21 heavy (non-hydrogen) atoms. The molecular weight excluding hydrogens is 270 g/mol. The van der Waals surface area contributed by atoms with Gasteiger partial charge in [-0.3, -0.25) is 0 Å². The quantitative estimate of drug-likeness (QED) is 0.869. The average Bonchev–Trinajstić information content (AvgIpc) is 2.53. The molecule has 6 nitrogen and oxygen atoms in total. The molecule has 0 radical (unpaired) electrons. The highest BCUT2D eigenvalue weighted by Crippen LogP contribution is 2.33. The van der Waals surface area contributed by atoms with E-state index in [-0.39, 0.29) is 0 Å². The number of anilines is 3. The second-order valence-corrected chi connectivity index (χ2v) is 4.36. The summed E-state index contributed by atoms with van der Waals surface area (Å²) < 4.78 is 10.1. The van der Waals surface area contributed by atoms with Crippen LogP contribution in [0, 0.1) is 0 Å². The van der Waals surface area contributed by atoms with E-state index in [1.54, 1.807) is 25.1 Å². The van der Waals surface area contributed by atoms with Gasteiger partial charge < -0.3 is 20.1 Å². The number of esters is 1. The van der Waals surface area contributed by atoms with Gasteiger partial charge in [0.05, 0.1) is 31.8 Å². The lowest BCUT2D eigenvalue weighted by Crippen LogP contribution is -2.17. The van der Waals surface area contributed by atoms with Crippen molar-refractivity contribution in [2.45, 2.75) is 0 Å². The normalized spacial score (nSPS) is 10.0. The second kappa shape index (κ2) is 6.13. The molecule has 1 heterocycles. The first-order valence-electron chi connectivity index (χ1n) is 6.29. The predicted octanol–water partition coefficient (Wildman–Crippen LogP) is 2.23. The summed E-state index contributed by atoms with van der Waals surface area (Å²) in [5.74, 6) is 0.626. The molecule has 0 unspecified atom stereocenters. The van der Waals surface area contributed by atoms with Crippen molar-refractivity contribution in [2.24, 2.45) is 0 Å². The number of rotatable bonds is 4. The SMILES string of the molecule is COC(=O)c1cc(N)cnc1N(C)c1ccccc1OC. The molecule has 0 bridgehead atoms. The molecule has 0 amide bonds. The van der Waals surface area contributed by atoms with E-state index in [4.69, 9.17) is 15.2 Å². The molecule has 0 aliphatic carbocycles. The van der Waals surface area contributed by atoms with Gasteiger partial charge in [-0.2, -0.15) is 0 Å². The molecule has 2 rings (SSSR count). The lowest BCUT2D eigenvalue weighted by atomic mass is 10.2. The van der Waals surface area contributed by atoms with Crippen molar-refractivity contribution < 1.29 is 14.3 Å². The van der Waals surface area contributed by atoms with Crippen LogP contribution in [0.4, 0.5) is 17.2 Å². The van der Waals surface area contributed by atoms with E-state index in [1.807, 2.05) is 24.3 Å². The van der Waals surface area contributed by atoms with Crippen molar-refractivity contribution in [3.05, 3.63) is 42.1 Å². The summed E-state index contributed by atoms with van der Waals surface area (Å²) in [4.78, 5) is 17.9. The van der Waals surface area contributed by atoms with E-state index in [9.17, 15) is 4.79 Å². The highest BCUT2D eigenvalue weighted by Gasteiger charge is 2.19. The third kappa shape index (κ3) is 2.89. The van der Waals surface area contributed by atoms with Crippen LogP contribution >= 0.6 is 0 Å². The zero-order chi connectivity index (χ0) is 15.4. The first kappa shape index (κ1) is 14.6. The molecule has 2 aromatic rings. The minimum absolute atomic E-state index is 0.297. The third-order valence-corrected chi connectivity index (χ3v) is 3.06. The Bertz CT molecular complexity index is 658. The number of methoxy groups -OCH3 is 2. The number of hydrogen-bond acceptors (Lipinski definition) is 6. The van der Waals surface area contributed by atoms with Crippen molar-refractivity contribution in [3.63, 3.8) is 0 Å². The first-order chi connectivity index (χ1) is 10.1. The Morgan fingerprint density at radius 1 is 1.29 bits per heavy atom. The lowest BCUT2D eigenvalue weighted by Gasteiger charge is -2.22. The monoisotopic (exact) mass is 287 g/mol. The van der Waals surface area contributed by atoms with Gasteiger partial charge in [-0.25, -0.2) is 9.78 Å². The highest BCUT2D eigenvalue weighted by molar-refractivity contribution is 5.96. The van der Waals surface area contributed by atoms with Gasteiger partial charge in [-0.15, -0.1) is 0 Å². The van der Waals surface area contributed by atoms with Crippen LogP contribution in [0.3, 0.4) is 0 Å². The molecule has 0 fully saturated rings. The number of pyridine rings is 1. The largest absolute Gasteiger partial charge is 0.495 e. The van der Waals surface area contributed by atoms with E-state index >= 15 is 0 Å². The molecular formula is C15H17N3O3. The fourth-order valence-electron chi connectivity index (χ4n) is 2.02. The van der Waals surface area contributed by atoms with E-state index in [2.05, 4.69) is 4.98 Å². The summed E-state index contributed by atoms with van der Waals surface area (Å²) >= 11 is 0. The van der Waals surface area contributed by atoms with Crippen LogP contribution in [0.2, 0.25) is 0 Å². The number of carbonyl (C=O) groups excluding carboxylic acids is 1. The van der Waals surface area contributed by atoms with Crippen molar-refractivity contribution in [1.82, 2.24) is 4.98 Å². The summed E-state index contributed by atoms with van der Waals surface area (Å²) in [5, 5.41) is 0. The summed E-state index contributed by atoms with van der Waals surface area (Å²) in [6, 6.07) is 9.00. The van der Waals surface area contributed by atoms with E-state index in [0.717, 1.165) is 5.69 Å². The first-order valence-corrected chi connectivity index (χ1v) is 6.29. The number of hydrogen-bond donors (Lipinski definition) is 1. The maximum Gasteiger partial charge on any atom is 0.341 e. The molecule has 110 valence electrons. The number of aromatic nitrogens is 1. The Morgan fingerprint density at radius 2 is 2.00 bits per heavy atom. The summed E-state index contributed by atoms with van der Waals surface area (Å²) in [6.45, 7) is 0. The maximum absolute atomic E-state index is 11.9. The van der Waals surface area contributed by atoms with Crippen molar-refractivity contribution in [1.29, 1.82) is 0 Å². The molecule has 0 atom stereocenters. The number of nitrogens with two attached hydrogens (primary N) is 1. The standard InChI is InChI=1S/C15H17N3O3/c1-18(12-6-4-5-7-13(12)20-2)14-11(15(19)21-3)8-10(16)9-17-14/h4-9H,16H2,1-3H3. The number of nitrogen functional groups attached to an aromatic ring is 1. The Kier molecular flexibility index (Phi) is 4.27. The fraction of sp³-hybridized carbons (Fsp3) is 0.200. The highest BCUT2D eigenvalue weighted by atomic mass is 16.5. The van der Waals surface area contributed by atoms with Crippen molar-refractivity contribution in [2.75, 3.05) is 31.9 Å². The number of ether oxygens (including phenoxy) is 2. The van der Waals surface area contributed by atoms with Crippen LogP contribution < -0.4 is 15.4 Å². The van der Waals surface area contributed by atoms with Crippen LogP contribution in [0.15, 0.2) is 36.5 Å².